The van der Waals surface area contributed by atoms with Gasteiger partial charge in [0.2, 0.25) is 6.79 Å². The number of rotatable bonds is 5. The van der Waals surface area contributed by atoms with Gasteiger partial charge in [0, 0.05) is 30.8 Å². The summed E-state index contributed by atoms with van der Waals surface area (Å²) in [6, 6.07) is 12.7. The first-order valence-electron chi connectivity index (χ1n) is 10.3. The largest absolute Gasteiger partial charge is 0.496 e. The summed E-state index contributed by atoms with van der Waals surface area (Å²) in [5.41, 5.74) is 3.30. The van der Waals surface area contributed by atoms with Crippen molar-refractivity contribution in [2.75, 3.05) is 20.4 Å². The number of para-hydroxylation sites is 1. The van der Waals surface area contributed by atoms with Crippen LogP contribution in [-0.4, -0.2) is 47.4 Å². The van der Waals surface area contributed by atoms with Crippen LogP contribution >= 0.6 is 0 Å². The lowest BCUT2D eigenvalue weighted by Gasteiger charge is -2.27. The van der Waals surface area contributed by atoms with E-state index in [0.717, 1.165) is 16.8 Å². The highest BCUT2D eigenvalue weighted by atomic mass is 16.7. The molecule has 9 heteroatoms. The molecule has 1 aromatic heterocycles. The highest BCUT2D eigenvalue weighted by molar-refractivity contribution is 5.98. The molecule has 0 fully saturated rings. The molecule has 3 aromatic rings. The maximum absolute atomic E-state index is 13.1. The lowest BCUT2D eigenvalue weighted by molar-refractivity contribution is 0.0728. The topological polar surface area (TPSA) is 106 Å². The third-order valence-corrected chi connectivity index (χ3v) is 5.66. The fraction of sp³-hybridized carbons (Fsp3) is 0.261. The molecule has 5 rings (SSSR count). The van der Waals surface area contributed by atoms with E-state index in [1.165, 1.54) is 0 Å². The van der Waals surface area contributed by atoms with Crippen LogP contribution in [0, 0.1) is 0 Å². The minimum atomic E-state index is -0.299. The van der Waals surface area contributed by atoms with E-state index in [4.69, 9.17) is 14.2 Å². The van der Waals surface area contributed by atoms with E-state index in [0.29, 0.717) is 54.6 Å². The molecule has 0 aliphatic carbocycles. The molecule has 32 heavy (non-hydrogen) atoms. The third-order valence-electron chi connectivity index (χ3n) is 5.66. The Kier molecular flexibility index (Phi) is 5.14. The summed E-state index contributed by atoms with van der Waals surface area (Å²) in [4.78, 5) is 27.7. The van der Waals surface area contributed by atoms with Crippen LogP contribution in [0.25, 0.3) is 0 Å². The molecule has 0 saturated heterocycles. The number of fused-ring (bicyclic) bond motifs is 2. The minimum absolute atomic E-state index is 0.138. The van der Waals surface area contributed by atoms with Gasteiger partial charge in [-0.3, -0.25) is 14.7 Å². The maximum Gasteiger partial charge on any atom is 0.272 e. The first-order valence-corrected chi connectivity index (χ1v) is 10.3. The molecule has 2 aromatic carbocycles. The Labute approximate surface area is 184 Å². The van der Waals surface area contributed by atoms with E-state index in [9.17, 15) is 9.59 Å². The lowest BCUT2D eigenvalue weighted by atomic mass is 10.0. The van der Waals surface area contributed by atoms with E-state index < -0.39 is 0 Å². The summed E-state index contributed by atoms with van der Waals surface area (Å²) in [6.45, 7) is 1.36. The van der Waals surface area contributed by atoms with Crippen molar-refractivity contribution in [1.29, 1.82) is 0 Å². The van der Waals surface area contributed by atoms with Gasteiger partial charge in [0.05, 0.1) is 19.2 Å². The first kappa shape index (κ1) is 19.9. The number of benzene rings is 2. The van der Waals surface area contributed by atoms with E-state index in [1.54, 1.807) is 30.2 Å². The van der Waals surface area contributed by atoms with Crippen molar-refractivity contribution in [3.05, 3.63) is 70.5 Å². The quantitative estimate of drug-likeness (QED) is 0.638. The Morgan fingerprint density at radius 1 is 1.19 bits per heavy atom. The van der Waals surface area contributed by atoms with Crippen molar-refractivity contribution in [2.45, 2.75) is 19.5 Å². The number of carbonyl (C=O) groups is 2. The number of nitrogens with one attached hydrogen (secondary N) is 2. The van der Waals surface area contributed by atoms with Crippen LogP contribution in [0.2, 0.25) is 0 Å². The smallest absolute Gasteiger partial charge is 0.272 e. The third kappa shape index (κ3) is 3.62. The monoisotopic (exact) mass is 434 g/mol. The molecule has 2 aliphatic heterocycles. The van der Waals surface area contributed by atoms with Gasteiger partial charge in [0.25, 0.3) is 11.8 Å². The molecule has 0 atom stereocenters. The Bertz CT molecular complexity index is 1190. The van der Waals surface area contributed by atoms with Gasteiger partial charge in [0.1, 0.15) is 5.75 Å². The van der Waals surface area contributed by atoms with Crippen molar-refractivity contribution in [2.24, 2.45) is 0 Å². The molecule has 0 radical (unpaired) electrons. The summed E-state index contributed by atoms with van der Waals surface area (Å²) in [5, 5.41) is 10.1. The zero-order valence-electron chi connectivity index (χ0n) is 17.5. The number of H-pyrrole nitrogens is 1. The number of methoxy groups -OCH3 is 1. The second-order valence-corrected chi connectivity index (χ2v) is 7.58. The van der Waals surface area contributed by atoms with Crippen LogP contribution in [0.5, 0.6) is 17.2 Å². The summed E-state index contributed by atoms with van der Waals surface area (Å²) < 4.78 is 16.0. The molecule has 0 bridgehead atoms. The summed E-state index contributed by atoms with van der Waals surface area (Å²) >= 11 is 0. The SMILES string of the molecule is COc1ccccc1C(=O)N1CCc2[nH]nc(C(=O)NCc3ccc4c(c3)OCO4)c2C1. The summed E-state index contributed by atoms with van der Waals surface area (Å²) in [5.74, 6) is 1.45. The second kappa shape index (κ2) is 8.26. The van der Waals surface area contributed by atoms with Crippen LogP contribution in [0.1, 0.15) is 37.7 Å². The van der Waals surface area contributed by atoms with Crippen molar-refractivity contribution in [1.82, 2.24) is 20.4 Å². The molecule has 0 unspecified atom stereocenters. The normalized spacial score (nSPS) is 14.1. The fourth-order valence-electron chi connectivity index (χ4n) is 3.96. The zero-order chi connectivity index (χ0) is 22.1. The van der Waals surface area contributed by atoms with Crippen molar-refractivity contribution >= 4 is 11.8 Å². The number of aromatic amines is 1. The molecule has 9 nitrogen and oxygen atoms in total. The molecule has 0 saturated carbocycles. The maximum atomic E-state index is 13.1. The number of amides is 2. The van der Waals surface area contributed by atoms with E-state index in [2.05, 4.69) is 15.5 Å². The number of carbonyl (C=O) groups excluding carboxylic acids is 2. The minimum Gasteiger partial charge on any atom is -0.496 e. The molecule has 3 heterocycles. The average molecular weight is 434 g/mol. The Balaban J connectivity index is 1.29. The number of hydrogen-bond donors (Lipinski definition) is 2. The standard InChI is InChI=1S/C23H22N4O5/c1-30-18-5-3-2-4-15(18)23(29)27-9-8-17-16(12-27)21(26-25-17)22(28)24-11-14-6-7-19-20(10-14)32-13-31-19/h2-7,10H,8-9,11-13H2,1H3,(H,24,28)(H,25,26). The van der Waals surface area contributed by atoms with Crippen LogP contribution < -0.4 is 19.5 Å². The Morgan fingerprint density at radius 2 is 2.03 bits per heavy atom. The van der Waals surface area contributed by atoms with Gasteiger partial charge in [0.15, 0.2) is 17.2 Å². The molecule has 164 valence electrons. The van der Waals surface area contributed by atoms with E-state index in [1.807, 2.05) is 24.3 Å². The predicted molar refractivity (Wildman–Crippen MR) is 114 cm³/mol. The highest BCUT2D eigenvalue weighted by Gasteiger charge is 2.29. The second-order valence-electron chi connectivity index (χ2n) is 7.58. The van der Waals surface area contributed by atoms with Crippen molar-refractivity contribution in [3.63, 3.8) is 0 Å². The zero-order valence-corrected chi connectivity index (χ0v) is 17.5. The van der Waals surface area contributed by atoms with Gasteiger partial charge in [-0.15, -0.1) is 0 Å². The molecular formula is C23H22N4O5. The van der Waals surface area contributed by atoms with Crippen LogP contribution in [-0.2, 0) is 19.5 Å². The highest BCUT2D eigenvalue weighted by Crippen LogP contribution is 2.32. The van der Waals surface area contributed by atoms with Crippen molar-refractivity contribution < 1.29 is 23.8 Å². The van der Waals surface area contributed by atoms with E-state index >= 15 is 0 Å². The van der Waals surface area contributed by atoms with Gasteiger partial charge in [-0.05, 0) is 29.8 Å². The van der Waals surface area contributed by atoms with Gasteiger partial charge >= 0.3 is 0 Å². The van der Waals surface area contributed by atoms with Gasteiger partial charge in [-0.2, -0.15) is 5.10 Å². The number of aromatic nitrogens is 2. The van der Waals surface area contributed by atoms with Gasteiger partial charge in [-0.25, -0.2) is 0 Å². The van der Waals surface area contributed by atoms with Crippen LogP contribution in [0.15, 0.2) is 42.5 Å². The molecule has 2 aliphatic rings. The Morgan fingerprint density at radius 3 is 2.91 bits per heavy atom. The predicted octanol–water partition coefficient (Wildman–Crippen LogP) is 2.28. The van der Waals surface area contributed by atoms with Crippen LogP contribution in [0.3, 0.4) is 0 Å². The number of ether oxygens (including phenoxy) is 3. The first-order chi connectivity index (χ1) is 15.6. The fourth-order valence-corrected chi connectivity index (χ4v) is 3.96. The molecule has 2 N–H and O–H groups in total. The number of hydrogen-bond acceptors (Lipinski definition) is 6. The van der Waals surface area contributed by atoms with E-state index in [-0.39, 0.29) is 18.6 Å². The van der Waals surface area contributed by atoms with Crippen LogP contribution in [0.4, 0.5) is 0 Å². The Hall–Kier alpha value is -4.01. The average Bonchev–Trinajstić information content (AvgIpc) is 3.48. The summed E-state index contributed by atoms with van der Waals surface area (Å²) in [6.07, 6.45) is 0.596. The molecule has 0 spiro atoms. The number of nitrogens with zero attached hydrogens (tertiary/aromatic N) is 2. The molecule has 2 amide bonds. The van der Waals surface area contributed by atoms with Crippen molar-refractivity contribution in [3.8, 4) is 17.2 Å². The van der Waals surface area contributed by atoms with Gasteiger partial charge in [-0.1, -0.05) is 18.2 Å². The summed E-state index contributed by atoms with van der Waals surface area (Å²) in [7, 11) is 1.54. The van der Waals surface area contributed by atoms with Gasteiger partial charge < -0.3 is 24.4 Å². The molecular weight excluding hydrogens is 412 g/mol. The lowest BCUT2D eigenvalue weighted by Crippen LogP contribution is -2.37.